The van der Waals surface area contributed by atoms with Crippen molar-refractivity contribution in [2.24, 2.45) is 5.73 Å². The second-order valence-electron chi connectivity index (χ2n) is 4.72. The van der Waals surface area contributed by atoms with Gasteiger partial charge in [0.05, 0.1) is 11.6 Å². The molecule has 2 aromatic carbocycles. The number of benzene rings is 2. The van der Waals surface area contributed by atoms with E-state index in [0.717, 1.165) is 12.1 Å². The number of halogens is 5. The fraction of sp³-hybridized carbons (Fsp3) is 0.200. The molecule has 0 spiro atoms. The Balaban J connectivity index is 2.45. The average Bonchev–Trinajstić information content (AvgIpc) is 2.41. The molecule has 0 radical (unpaired) electrons. The molecular weight excluding hydrogens is 289 g/mol. The van der Waals surface area contributed by atoms with Gasteiger partial charge < -0.3 is 5.73 Å². The summed E-state index contributed by atoms with van der Waals surface area (Å²) in [6.45, 7) is 1.43. The highest BCUT2D eigenvalue weighted by molar-refractivity contribution is 5.37. The third-order valence-corrected chi connectivity index (χ3v) is 3.19. The maximum Gasteiger partial charge on any atom is 0.416 e. The van der Waals surface area contributed by atoms with Gasteiger partial charge in [0.25, 0.3) is 0 Å². The average molecular weight is 301 g/mol. The monoisotopic (exact) mass is 301 g/mol. The quantitative estimate of drug-likeness (QED) is 0.820. The van der Waals surface area contributed by atoms with Crippen LogP contribution in [0.1, 0.15) is 28.3 Å². The zero-order valence-corrected chi connectivity index (χ0v) is 11.0. The van der Waals surface area contributed by atoms with Gasteiger partial charge in [-0.05, 0) is 36.2 Å². The summed E-state index contributed by atoms with van der Waals surface area (Å²) in [5.41, 5.74) is 5.19. The third-order valence-electron chi connectivity index (χ3n) is 3.19. The van der Waals surface area contributed by atoms with E-state index in [-0.39, 0.29) is 16.7 Å². The van der Waals surface area contributed by atoms with Crippen LogP contribution in [0.3, 0.4) is 0 Å². The molecule has 2 rings (SSSR count). The third kappa shape index (κ3) is 3.21. The second-order valence-corrected chi connectivity index (χ2v) is 4.72. The van der Waals surface area contributed by atoms with Crippen LogP contribution in [0.15, 0.2) is 36.4 Å². The molecule has 0 aliphatic carbocycles. The van der Waals surface area contributed by atoms with Gasteiger partial charge in [-0.3, -0.25) is 0 Å². The van der Waals surface area contributed by atoms with Gasteiger partial charge in [0, 0.05) is 11.6 Å². The first-order chi connectivity index (χ1) is 9.70. The van der Waals surface area contributed by atoms with Crippen molar-refractivity contribution in [3.63, 3.8) is 0 Å². The van der Waals surface area contributed by atoms with Gasteiger partial charge in [-0.2, -0.15) is 13.2 Å². The predicted molar refractivity (Wildman–Crippen MR) is 68.6 cm³/mol. The Morgan fingerprint density at radius 3 is 2.29 bits per heavy atom. The summed E-state index contributed by atoms with van der Waals surface area (Å²) in [4.78, 5) is 0. The van der Waals surface area contributed by atoms with E-state index < -0.39 is 29.4 Å². The summed E-state index contributed by atoms with van der Waals surface area (Å²) >= 11 is 0. The lowest BCUT2D eigenvalue weighted by atomic mass is 9.96. The van der Waals surface area contributed by atoms with Gasteiger partial charge in [0.1, 0.15) is 11.6 Å². The maximum atomic E-state index is 13.8. The van der Waals surface area contributed by atoms with Crippen molar-refractivity contribution in [3.05, 3.63) is 70.3 Å². The molecule has 0 aliphatic heterocycles. The predicted octanol–water partition coefficient (Wildman–Crippen LogP) is 4.34. The van der Waals surface area contributed by atoms with Crippen LogP contribution in [-0.4, -0.2) is 0 Å². The number of aryl methyl sites for hydroxylation is 1. The highest BCUT2D eigenvalue weighted by atomic mass is 19.4. The molecule has 0 bridgehead atoms. The van der Waals surface area contributed by atoms with E-state index in [1.54, 1.807) is 0 Å². The zero-order chi connectivity index (χ0) is 15.8. The van der Waals surface area contributed by atoms with Crippen molar-refractivity contribution in [3.8, 4) is 0 Å². The van der Waals surface area contributed by atoms with Gasteiger partial charge in [-0.1, -0.05) is 12.1 Å². The standard InChI is InChI=1S/C15H12F5N/c1-8-5-11(13(17)7-12(8)16)14(21)9-3-2-4-10(6-9)15(18,19)20/h2-7,14H,21H2,1H3. The Hall–Kier alpha value is -1.95. The minimum Gasteiger partial charge on any atom is -0.320 e. The molecule has 6 heteroatoms. The van der Waals surface area contributed by atoms with Crippen LogP contribution in [0, 0.1) is 18.6 Å². The Labute approximate surface area is 118 Å². The summed E-state index contributed by atoms with van der Waals surface area (Å²) in [5, 5.41) is 0. The van der Waals surface area contributed by atoms with Crippen LogP contribution in [-0.2, 0) is 6.18 Å². The van der Waals surface area contributed by atoms with Gasteiger partial charge in [0.15, 0.2) is 0 Å². The first-order valence-corrected chi connectivity index (χ1v) is 6.08. The summed E-state index contributed by atoms with van der Waals surface area (Å²) < 4.78 is 65.0. The molecule has 0 saturated carbocycles. The van der Waals surface area contributed by atoms with Crippen LogP contribution < -0.4 is 5.73 Å². The number of hydrogen-bond acceptors (Lipinski definition) is 1. The molecule has 2 aromatic rings. The molecule has 2 N–H and O–H groups in total. The zero-order valence-electron chi connectivity index (χ0n) is 11.0. The Morgan fingerprint density at radius 2 is 1.67 bits per heavy atom. The molecule has 0 saturated heterocycles. The second kappa shape index (κ2) is 5.44. The van der Waals surface area contributed by atoms with E-state index in [1.165, 1.54) is 25.1 Å². The molecule has 0 fully saturated rings. The van der Waals surface area contributed by atoms with Crippen LogP contribution in [0.5, 0.6) is 0 Å². The van der Waals surface area contributed by atoms with Crippen molar-refractivity contribution >= 4 is 0 Å². The lowest BCUT2D eigenvalue weighted by molar-refractivity contribution is -0.137. The van der Waals surface area contributed by atoms with Gasteiger partial charge in [-0.15, -0.1) is 0 Å². The summed E-state index contributed by atoms with van der Waals surface area (Å²) in [7, 11) is 0. The van der Waals surface area contributed by atoms with Crippen LogP contribution >= 0.6 is 0 Å². The summed E-state index contributed by atoms with van der Waals surface area (Å²) in [6.07, 6.45) is -4.51. The molecular formula is C15H12F5N. The minimum atomic E-state index is -4.51. The van der Waals surface area contributed by atoms with E-state index in [4.69, 9.17) is 5.73 Å². The number of rotatable bonds is 2. The van der Waals surface area contributed by atoms with Crippen molar-refractivity contribution < 1.29 is 22.0 Å². The van der Waals surface area contributed by atoms with E-state index in [0.29, 0.717) is 6.07 Å². The lowest BCUT2D eigenvalue weighted by Gasteiger charge is -2.16. The largest absolute Gasteiger partial charge is 0.416 e. The molecule has 112 valence electrons. The van der Waals surface area contributed by atoms with Crippen molar-refractivity contribution in [2.45, 2.75) is 19.1 Å². The highest BCUT2D eigenvalue weighted by Gasteiger charge is 2.31. The molecule has 1 unspecified atom stereocenters. The van der Waals surface area contributed by atoms with Crippen molar-refractivity contribution in [1.82, 2.24) is 0 Å². The minimum absolute atomic E-state index is 0.0479. The molecule has 0 aromatic heterocycles. The van der Waals surface area contributed by atoms with Gasteiger partial charge >= 0.3 is 6.18 Å². The Bertz CT molecular complexity index is 664. The topological polar surface area (TPSA) is 26.0 Å². The number of nitrogens with two attached hydrogens (primary N) is 1. The van der Waals surface area contributed by atoms with E-state index >= 15 is 0 Å². The fourth-order valence-electron chi connectivity index (χ4n) is 2.01. The summed E-state index contributed by atoms with van der Waals surface area (Å²) in [6, 6.07) is 5.12. The number of hydrogen-bond donors (Lipinski definition) is 1. The molecule has 0 heterocycles. The van der Waals surface area contributed by atoms with Crippen LogP contribution in [0.2, 0.25) is 0 Å². The molecule has 0 aliphatic rings. The highest BCUT2D eigenvalue weighted by Crippen LogP contribution is 2.32. The van der Waals surface area contributed by atoms with E-state index in [2.05, 4.69) is 0 Å². The van der Waals surface area contributed by atoms with Crippen LogP contribution in [0.25, 0.3) is 0 Å². The van der Waals surface area contributed by atoms with Crippen molar-refractivity contribution in [1.29, 1.82) is 0 Å². The molecule has 21 heavy (non-hydrogen) atoms. The Kier molecular flexibility index (Phi) is 4.00. The van der Waals surface area contributed by atoms with Crippen LogP contribution in [0.4, 0.5) is 22.0 Å². The molecule has 0 amide bonds. The maximum absolute atomic E-state index is 13.8. The SMILES string of the molecule is Cc1cc(C(N)c2cccc(C(F)(F)F)c2)c(F)cc1F. The summed E-state index contributed by atoms with van der Waals surface area (Å²) in [5.74, 6) is -1.62. The Morgan fingerprint density at radius 1 is 1.00 bits per heavy atom. The normalized spacial score (nSPS) is 13.3. The van der Waals surface area contributed by atoms with Gasteiger partial charge in [-0.25, -0.2) is 8.78 Å². The fourth-order valence-corrected chi connectivity index (χ4v) is 2.01. The first kappa shape index (κ1) is 15.4. The smallest absolute Gasteiger partial charge is 0.320 e. The first-order valence-electron chi connectivity index (χ1n) is 6.08. The lowest BCUT2D eigenvalue weighted by Crippen LogP contribution is -2.15. The molecule has 1 atom stereocenters. The molecule has 1 nitrogen and oxygen atoms in total. The van der Waals surface area contributed by atoms with Gasteiger partial charge in [0.2, 0.25) is 0 Å². The van der Waals surface area contributed by atoms with E-state index in [9.17, 15) is 22.0 Å². The van der Waals surface area contributed by atoms with Crippen molar-refractivity contribution in [2.75, 3.05) is 0 Å². The number of alkyl halides is 3. The van der Waals surface area contributed by atoms with E-state index in [1.807, 2.05) is 0 Å².